The molecule has 0 fully saturated rings. The summed E-state index contributed by atoms with van der Waals surface area (Å²) in [5.74, 6) is -0.546. The summed E-state index contributed by atoms with van der Waals surface area (Å²) in [5, 5.41) is 18.7. The van der Waals surface area contributed by atoms with Crippen LogP contribution in [0.25, 0.3) is 0 Å². The van der Waals surface area contributed by atoms with Crippen molar-refractivity contribution in [3.63, 3.8) is 0 Å². The fourth-order valence-electron chi connectivity index (χ4n) is 2.87. The van der Waals surface area contributed by atoms with Crippen LogP contribution >= 0.6 is 0 Å². The van der Waals surface area contributed by atoms with Gasteiger partial charge < -0.3 is 19.8 Å². The molecular formula is C17H24N2O4. The van der Waals surface area contributed by atoms with Gasteiger partial charge in [-0.2, -0.15) is 0 Å². The van der Waals surface area contributed by atoms with E-state index in [1.807, 2.05) is 20.8 Å². The first-order valence-corrected chi connectivity index (χ1v) is 7.89. The quantitative estimate of drug-likeness (QED) is 0.656. The average Bonchev–Trinajstić information content (AvgIpc) is 2.49. The monoisotopic (exact) mass is 320 g/mol. The topological polar surface area (TPSA) is 92.4 Å². The molecule has 23 heavy (non-hydrogen) atoms. The molecule has 0 bridgehead atoms. The van der Waals surface area contributed by atoms with E-state index in [2.05, 4.69) is 0 Å². The summed E-state index contributed by atoms with van der Waals surface area (Å²) in [4.78, 5) is 25.0. The van der Waals surface area contributed by atoms with Gasteiger partial charge >= 0.3 is 5.97 Å². The smallest absolute Gasteiger partial charge is 0.343 e. The maximum atomic E-state index is 13.0. The number of fused-ring (bicyclic) bond motifs is 1. The molecule has 1 aromatic heterocycles. The average molecular weight is 320 g/mol. The van der Waals surface area contributed by atoms with E-state index in [4.69, 9.17) is 10.1 Å². The number of aliphatic hydroxyl groups is 1. The van der Waals surface area contributed by atoms with E-state index >= 15 is 0 Å². The van der Waals surface area contributed by atoms with Crippen molar-refractivity contribution < 1.29 is 14.6 Å². The van der Waals surface area contributed by atoms with Gasteiger partial charge in [-0.1, -0.05) is 20.8 Å². The second-order valence-corrected chi connectivity index (χ2v) is 6.50. The molecule has 0 radical (unpaired) electrons. The van der Waals surface area contributed by atoms with E-state index in [0.29, 0.717) is 11.3 Å². The van der Waals surface area contributed by atoms with Gasteiger partial charge in [0.05, 0.1) is 17.0 Å². The summed E-state index contributed by atoms with van der Waals surface area (Å²) in [7, 11) is 0. The van der Waals surface area contributed by atoms with Crippen LogP contribution in [0.15, 0.2) is 10.9 Å². The van der Waals surface area contributed by atoms with Crippen LogP contribution in [0, 0.1) is 11.3 Å². The van der Waals surface area contributed by atoms with Crippen molar-refractivity contribution in [3.8, 4) is 0 Å². The van der Waals surface area contributed by atoms with Gasteiger partial charge in [0.15, 0.2) is 5.60 Å². The van der Waals surface area contributed by atoms with E-state index in [0.717, 1.165) is 0 Å². The zero-order valence-corrected chi connectivity index (χ0v) is 14.3. The Kier molecular flexibility index (Phi) is 4.48. The Labute approximate surface area is 135 Å². The minimum Gasteiger partial charge on any atom is -0.458 e. The Hall–Kier alpha value is -1.95. The minimum atomic E-state index is -1.82. The van der Waals surface area contributed by atoms with Crippen LogP contribution in [0.4, 0.5) is 0 Å². The van der Waals surface area contributed by atoms with E-state index in [9.17, 15) is 14.7 Å². The Balaban J connectivity index is 2.84. The number of rotatable bonds is 4. The lowest BCUT2D eigenvalue weighted by Crippen LogP contribution is -2.45. The highest BCUT2D eigenvalue weighted by atomic mass is 16.6. The molecule has 0 saturated carbocycles. The third kappa shape index (κ3) is 2.61. The molecule has 1 aliphatic heterocycles. The van der Waals surface area contributed by atoms with Gasteiger partial charge in [-0.15, -0.1) is 0 Å². The molecule has 0 aromatic carbocycles. The van der Waals surface area contributed by atoms with Crippen molar-refractivity contribution in [3.05, 3.63) is 33.2 Å². The molecule has 2 atom stereocenters. The highest BCUT2D eigenvalue weighted by Gasteiger charge is 2.44. The van der Waals surface area contributed by atoms with Gasteiger partial charge in [0.2, 0.25) is 0 Å². The Morgan fingerprint density at radius 2 is 2.04 bits per heavy atom. The van der Waals surface area contributed by atoms with Crippen molar-refractivity contribution in [1.29, 1.82) is 5.41 Å². The number of hydrogen-bond acceptors (Lipinski definition) is 5. The molecule has 6 heteroatoms. The van der Waals surface area contributed by atoms with Gasteiger partial charge in [-0.05, 0) is 32.3 Å². The molecule has 126 valence electrons. The van der Waals surface area contributed by atoms with Crippen LogP contribution < -0.4 is 5.56 Å². The molecule has 2 N–H and O–H groups in total. The van der Waals surface area contributed by atoms with E-state index in [-0.39, 0.29) is 41.8 Å². The first-order valence-electron chi connectivity index (χ1n) is 7.89. The van der Waals surface area contributed by atoms with Crippen LogP contribution in [0.1, 0.15) is 63.9 Å². The zero-order chi connectivity index (χ0) is 17.5. The summed E-state index contributed by atoms with van der Waals surface area (Å²) in [6, 6.07) is 1.48. The van der Waals surface area contributed by atoms with Crippen LogP contribution in [0.2, 0.25) is 0 Å². The highest BCUT2D eigenvalue weighted by Crippen LogP contribution is 2.34. The zero-order valence-electron chi connectivity index (χ0n) is 14.3. The molecule has 1 aromatic rings. The number of carbonyl (C=O) groups is 1. The van der Waals surface area contributed by atoms with Crippen LogP contribution in [0.5, 0.6) is 0 Å². The van der Waals surface area contributed by atoms with Gasteiger partial charge in [0, 0.05) is 11.6 Å². The summed E-state index contributed by atoms with van der Waals surface area (Å²) < 4.78 is 6.60. The van der Waals surface area contributed by atoms with Gasteiger partial charge in [-0.3, -0.25) is 4.79 Å². The summed E-state index contributed by atoms with van der Waals surface area (Å²) in [6.07, 6.45) is 0.110. The molecule has 0 saturated heterocycles. The van der Waals surface area contributed by atoms with Crippen molar-refractivity contribution >= 4 is 11.7 Å². The number of nitrogens with one attached hydrogen (secondary N) is 1. The Morgan fingerprint density at radius 1 is 1.43 bits per heavy atom. The number of nitrogens with zero attached hydrogens (tertiary/aromatic N) is 1. The first kappa shape index (κ1) is 17.4. The number of aromatic nitrogens is 1. The fourth-order valence-corrected chi connectivity index (χ4v) is 2.87. The van der Waals surface area contributed by atoms with Crippen molar-refractivity contribution in [2.24, 2.45) is 5.92 Å². The number of pyridine rings is 1. The largest absolute Gasteiger partial charge is 0.458 e. The lowest BCUT2D eigenvalue weighted by molar-refractivity contribution is -0.172. The predicted octanol–water partition coefficient (Wildman–Crippen LogP) is 2.11. The predicted molar refractivity (Wildman–Crippen MR) is 86.7 cm³/mol. The van der Waals surface area contributed by atoms with Gasteiger partial charge in [-0.25, -0.2) is 4.79 Å². The number of ether oxygens (including phenoxy) is 1. The van der Waals surface area contributed by atoms with Crippen molar-refractivity contribution in [2.75, 3.05) is 0 Å². The van der Waals surface area contributed by atoms with Gasteiger partial charge in [0.1, 0.15) is 6.61 Å². The van der Waals surface area contributed by atoms with Crippen molar-refractivity contribution in [1.82, 2.24) is 4.57 Å². The molecule has 2 heterocycles. The van der Waals surface area contributed by atoms with E-state index < -0.39 is 11.6 Å². The SMILES string of the molecule is CC[C@@]1(O)C(=O)OCc2c1cc(C(C)=N)n(C(C)C(C)C)c2=O. The summed E-state index contributed by atoms with van der Waals surface area (Å²) >= 11 is 0. The lowest BCUT2D eigenvalue weighted by atomic mass is 9.85. The molecule has 0 spiro atoms. The number of esters is 1. The maximum absolute atomic E-state index is 13.0. The lowest BCUT2D eigenvalue weighted by Gasteiger charge is -2.33. The van der Waals surface area contributed by atoms with Crippen LogP contribution in [-0.2, 0) is 21.7 Å². The van der Waals surface area contributed by atoms with E-state index in [1.54, 1.807) is 24.5 Å². The molecule has 6 nitrogen and oxygen atoms in total. The number of carbonyl (C=O) groups excluding carboxylic acids is 1. The van der Waals surface area contributed by atoms with Crippen LogP contribution in [-0.4, -0.2) is 21.4 Å². The highest BCUT2D eigenvalue weighted by molar-refractivity contribution is 5.95. The normalized spacial score (nSPS) is 21.8. The molecule has 2 rings (SSSR count). The van der Waals surface area contributed by atoms with Gasteiger partial charge in [0.25, 0.3) is 5.56 Å². The molecule has 0 aliphatic carbocycles. The number of hydrogen-bond donors (Lipinski definition) is 2. The van der Waals surface area contributed by atoms with Crippen molar-refractivity contribution in [2.45, 2.75) is 59.3 Å². The van der Waals surface area contributed by atoms with E-state index in [1.165, 1.54) is 0 Å². The number of cyclic esters (lactones) is 1. The molecule has 0 amide bonds. The first-order chi connectivity index (χ1) is 10.6. The standard InChI is InChI=1S/C17H24N2O4/c1-6-17(22)13-7-14(10(4)18)19(11(5)9(2)3)15(20)12(13)8-23-16(17)21/h7,9,11,18,22H,6,8H2,1-5H3/t11?,17-/m0/s1. The van der Waals surface area contributed by atoms with Crippen LogP contribution in [0.3, 0.4) is 0 Å². The fraction of sp³-hybridized carbons (Fsp3) is 0.588. The molecular weight excluding hydrogens is 296 g/mol. The third-order valence-electron chi connectivity index (χ3n) is 4.74. The molecule has 1 unspecified atom stereocenters. The maximum Gasteiger partial charge on any atom is 0.343 e. The molecule has 1 aliphatic rings. The minimum absolute atomic E-state index is 0.110. The second-order valence-electron chi connectivity index (χ2n) is 6.50. The Morgan fingerprint density at radius 3 is 2.52 bits per heavy atom. The summed E-state index contributed by atoms with van der Waals surface area (Å²) in [6.45, 7) is 9.04. The third-order valence-corrected chi connectivity index (χ3v) is 4.74. The Bertz CT molecular complexity index is 720. The second kappa shape index (κ2) is 5.92. The summed E-state index contributed by atoms with van der Waals surface area (Å²) in [5.41, 5.74) is -0.908.